The summed E-state index contributed by atoms with van der Waals surface area (Å²) in [7, 11) is -1.72. The van der Waals surface area contributed by atoms with Gasteiger partial charge in [0.1, 0.15) is 0 Å². The highest BCUT2D eigenvalue weighted by atomic mass is 32.2. The molecular formula is C23H28N6O3S. The molecule has 0 saturated carbocycles. The minimum atomic E-state index is -3.66. The summed E-state index contributed by atoms with van der Waals surface area (Å²) in [4.78, 5) is 26.0. The van der Waals surface area contributed by atoms with Crippen molar-refractivity contribution in [2.75, 3.05) is 44.2 Å². The van der Waals surface area contributed by atoms with E-state index < -0.39 is 10.0 Å². The van der Waals surface area contributed by atoms with Crippen molar-refractivity contribution in [2.24, 2.45) is 13.0 Å². The van der Waals surface area contributed by atoms with Crippen molar-refractivity contribution in [3.63, 3.8) is 0 Å². The van der Waals surface area contributed by atoms with E-state index in [4.69, 9.17) is 0 Å². The van der Waals surface area contributed by atoms with Gasteiger partial charge in [0.2, 0.25) is 21.9 Å². The Hall–Kier alpha value is -2.98. The molecule has 1 aromatic carbocycles. The number of piperidine rings is 1. The van der Waals surface area contributed by atoms with E-state index in [0.717, 1.165) is 10.9 Å². The SMILES string of the molecule is Cn1ccc2cc(S(=O)(=O)N3CCC[C@H](C(=O)N4CCN(c5ncccn5)CC4)C3)ccc21. The molecule has 2 saturated heterocycles. The Morgan fingerprint density at radius 2 is 1.79 bits per heavy atom. The standard InChI is InChI=1S/C23H28N6O3S/c1-26-11-7-18-16-20(5-6-21(18)26)33(31,32)29-10-2-4-19(17-29)22(30)27-12-14-28(15-13-27)23-24-8-3-9-25-23/h3,5-9,11,16,19H,2,4,10,12-15,17H2,1H3/t19-/m0/s1. The molecule has 1 amide bonds. The van der Waals surface area contributed by atoms with Crippen molar-refractivity contribution in [1.29, 1.82) is 0 Å². The molecule has 2 aliphatic heterocycles. The molecule has 0 bridgehead atoms. The normalized spacial score (nSPS) is 20.3. The van der Waals surface area contributed by atoms with Gasteiger partial charge < -0.3 is 14.4 Å². The van der Waals surface area contributed by atoms with E-state index >= 15 is 0 Å². The number of aromatic nitrogens is 3. The zero-order valence-electron chi connectivity index (χ0n) is 18.7. The first kappa shape index (κ1) is 21.8. The number of carbonyl (C=O) groups is 1. The summed E-state index contributed by atoms with van der Waals surface area (Å²) in [6.45, 7) is 3.19. The molecule has 5 rings (SSSR count). The highest BCUT2D eigenvalue weighted by Gasteiger charge is 2.36. The third-order valence-corrected chi connectivity index (χ3v) is 8.52. The zero-order valence-corrected chi connectivity index (χ0v) is 19.5. The van der Waals surface area contributed by atoms with E-state index in [9.17, 15) is 13.2 Å². The van der Waals surface area contributed by atoms with Gasteiger partial charge in [0, 0.05) is 75.8 Å². The van der Waals surface area contributed by atoms with Crippen molar-refractivity contribution in [1.82, 2.24) is 23.7 Å². The number of sulfonamides is 1. The van der Waals surface area contributed by atoms with Crippen LogP contribution in [0.3, 0.4) is 0 Å². The van der Waals surface area contributed by atoms with Crippen molar-refractivity contribution >= 4 is 32.8 Å². The number of benzene rings is 1. The molecule has 2 aromatic heterocycles. The Kier molecular flexibility index (Phi) is 5.79. The Morgan fingerprint density at radius 3 is 2.55 bits per heavy atom. The van der Waals surface area contributed by atoms with Crippen LogP contribution in [0.15, 0.2) is 53.8 Å². The Labute approximate surface area is 193 Å². The van der Waals surface area contributed by atoms with Crippen molar-refractivity contribution < 1.29 is 13.2 Å². The third-order valence-electron chi connectivity index (χ3n) is 6.65. The van der Waals surface area contributed by atoms with Gasteiger partial charge in [-0.1, -0.05) is 0 Å². The minimum absolute atomic E-state index is 0.0436. The molecule has 9 nitrogen and oxygen atoms in total. The number of nitrogens with zero attached hydrogens (tertiary/aromatic N) is 6. The number of hydrogen-bond acceptors (Lipinski definition) is 6. The monoisotopic (exact) mass is 468 g/mol. The van der Waals surface area contributed by atoms with E-state index in [1.54, 1.807) is 30.6 Å². The van der Waals surface area contributed by atoms with Gasteiger partial charge in [0.15, 0.2) is 0 Å². The highest BCUT2D eigenvalue weighted by Crippen LogP contribution is 2.27. The second kappa shape index (κ2) is 8.75. The molecule has 0 radical (unpaired) electrons. The molecule has 1 atom stereocenters. The van der Waals surface area contributed by atoms with Crippen LogP contribution in [0.25, 0.3) is 10.9 Å². The van der Waals surface area contributed by atoms with Gasteiger partial charge in [-0.15, -0.1) is 0 Å². The van der Waals surface area contributed by atoms with Crippen LogP contribution in [-0.2, 0) is 21.9 Å². The first-order chi connectivity index (χ1) is 15.9. The molecule has 33 heavy (non-hydrogen) atoms. The molecule has 10 heteroatoms. The maximum absolute atomic E-state index is 13.4. The van der Waals surface area contributed by atoms with Gasteiger partial charge in [-0.05, 0) is 43.2 Å². The van der Waals surface area contributed by atoms with Crippen LogP contribution in [0.1, 0.15) is 12.8 Å². The molecule has 2 aliphatic rings. The van der Waals surface area contributed by atoms with Gasteiger partial charge in [-0.2, -0.15) is 4.31 Å². The van der Waals surface area contributed by atoms with Crippen LogP contribution in [0.4, 0.5) is 5.95 Å². The molecule has 4 heterocycles. The number of aryl methyl sites for hydroxylation is 1. The van der Waals surface area contributed by atoms with E-state index in [1.165, 1.54) is 4.31 Å². The Morgan fingerprint density at radius 1 is 1.03 bits per heavy atom. The minimum Gasteiger partial charge on any atom is -0.351 e. The predicted octanol–water partition coefficient (Wildman–Crippen LogP) is 1.72. The van der Waals surface area contributed by atoms with Gasteiger partial charge in [0.05, 0.1) is 10.8 Å². The van der Waals surface area contributed by atoms with E-state index in [2.05, 4.69) is 14.9 Å². The lowest BCUT2D eigenvalue weighted by Gasteiger charge is -2.38. The number of fused-ring (bicyclic) bond motifs is 1. The summed E-state index contributed by atoms with van der Waals surface area (Å²) < 4.78 is 30.2. The van der Waals surface area contributed by atoms with Crippen molar-refractivity contribution in [3.8, 4) is 0 Å². The first-order valence-electron chi connectivity index (χ1n) is 11.3. The number of amides is 1. The first-order valence-corrected chi connectivity index (χ1v) is 12.7. The fourth-order valence-corrected chi connectivity index (χ4v) is 6.33. The van der Waals surface area contributed by atoms with E-state index in [1.807, 2.05) is 34.8 Å². The van der Waals surface area contributed by atoms with Crippen LogP contribution < -0.4 is 4.90 Å². The lowest BCUT2D eigenvalue weighted by atomic mass is 9.98. The van der Waals surface area contributed by atoms with Crippen molar-refractivity contribution in [2.45, 2.75) is 17.7 Å². The summed E-state index contributed by atoms with van der Waals surface area (Å²) in [5.41, 5.74) is 0.987. The third kappa shape index (κ3) is 4.20. The molecule has 3 aromatic rings. The number of carbonyl (C=O) groups excluding carboxylic acids is 1. The lowest BCUT2D eigenvalue weighted by molar-refractivity contribution is -0.137. The lowest BCUT2D eigenvalue weighted by Crippen LogP contribution is -2.53. The molecular weight excluding hydrogens is 440 g/mol. The second-order valence-corrected chi connectivity index (χ2v) is 10.6. The molecule has 0 spiro atoms. The fraction of sp³-hybridized carbons (Fsp3) is 0.435. The smallest absolute Gasteiger partial charge is 0.243 e. The summed E-state index contributed by atoms with van der Waals surface area (Å²) in [5, 5.41) is 0.892. The van der Waals surface area contributed by atoms with Gasteiger partial charge >= 0.3 is 0 Å². The molecule has 0 aliphatic carbocycles. The summed E-state index contributed by atoms with van der Waals surface area (Å²) >= 11 is 0. The highest BCUT2D eigenvalue weighted by molar-refractivity contribution is 7.89. The number of piperazine rings is 1. The van der Waals surface area contributed by atoms with Gasteiger partial charge in [0.25, 0.3) is 0 Å². The van der Waals surface area contributed by atoms with E-state index in [-0.39, 0.29) is 23.3 Å². The van der Waals surface area contributed by atoms with Crippen LogP contribution in [-0.4, -0.2) is 77.3 Å². The molecule has 174 valence electrons. The second-order valence-electron chi connectivity index (χ2n) is 8.71. The van der Waals surface area contributed by atoms with Gasteiger partial charge in [-0.3, -0.25) is 4.79 Å². The average molecular weight is 469 g/mol. The molecule has 2 fully saturated rings. The predicted molar refractivity (Wildman–Crippen MR) is 125 cm³/mol. The Bertz CT molecular complexity index is 1250. The fourth-order valence-electron chi connectivity index (χ4n) is 4.77. The van der Waals surface area contributed by atoms with Crippen LogP contribution in [0, 0.1) is 5.92 Å². The zero-order chi connectivity index (χ0) is 23.0. The topological polar surface area (TPSA) is 91.6 Å². The summed E-state index contributed by atoms with van der Waals surface area (Å²) in [6.07, 6.45) is 6.74. The van der Waals surface area contributed by atoms with Gasteiger partial charge in [-0.25, -0.2) is 18.4 Å². The summed E-state index contributed by atoms with van der Waals surface area (Å²) in [6, 6.07) is 8.92. The number of rotatable bonds is 4. The molecule has 0 unspecified atom stereocenters. The van der Waals surface area contributed by atoms with Crippen LogP contribution in [0.2, 0.25) is 0 Å². The number of anilines is 1. The summed E-state index contributed by atoms with van der Waals surface area (Å²) in [5.74, 6) is 0.408. The maximum atomic E-state index is 13.4. The van der Waals surface area contributed by atoms with Crippen LogP contribution >= 0.6 is 0 Å². The van der Waals surface area contributed by atoms with E-state index in [0.29, 0.717) is 51.5 Å². The Balaban J connectivity index is 1.25. The molecule has 0 N–H and O–H groups in total. The largest absolute Gasteiger partial charge is 0.351 e. The maximum Gasteiger partial charge on any atom is 0.243 e. The number of hydrogen-bond donors (Lipinski definition) is 0. The average Bonchev–Trinajstić information content (AvgIpc) is 3.24. The quantitative estimate of drug-likeness (QED) is 0.579. The van der Waals surface area contributed by atoms with Crippen LogP contribution in [0.5, 0.6) is 0 Å². The van der Waals surface area contributed by atoms with Crippen molar-refractivity contribution in [3.05, 3.63) is 48.9 Å².